The number of nitrogens with zero attached hydrogens (tertiary/aromatic N) is 1. The van der Waals surface area contributed by atoms with Crippen molar-refractivity contribution in [1.29, 1.82) is 0 Å². The number of carbonyl (C=O) groups excluding carboxylic acids is 1. The van der Waals surface area contributed by atoms with E-state index in [0.717, 1.165) is 6.20 Å². The minimum Gasteiger partial charge on any atom is -0.403 e. The molecule has 0 bridgehead atoms. The molecule has 0 amide bonds. The highest BCUT2D eigenvalue weighted by atomic mass is 79.9. The maximum Gasteiger partial charge on any atom is 0.573 e. The lowest BCUT2D eigenvalue weighted by Crippen LogP contribution is -2.21. The molecular weight excluding hydrogens is 364 g/mol. The Kier molecular flexibility index (Phi) is 5.08. The number of rotatable bonds is 4. The maximum absolute atomic E-state index is 12.6. The molecule has 10 heteroatoms. The van der Waals surface area contributed by atoms with Crippen LogP contribution >= 0.6 is 27.5 Å². The summed E-state index contributed by atoms with van der Waals surface area (Å²) < 4.78 is 65.3. The Morgan fingerprint density at radius 2 is 2.05 bits per heavy atom. The van der Waals surface area contributed by atoms with Crippen molar-refractivity contribution in [3.8, 4) is 5.75 Å². The largest absolute Gasteiger partial charge is 0.573 e. The number of pyridine rings is 1. The van der Waals surface area contributed by atoms with Crippen molar-refractivity contribution in [2.75, 3.05) is 0 Å². The van der Waals surface area contributed by atoms with Gasteiger partial charge in [-0.1, -0.05) is 15.9 Å². The van der Waals surface area contributed by atoms with E-state index in [4.69, 9.17) is 11.6 Å². The zero-order valence-electron chi connectivity index (χ0n) is 8.77. The number of halogens is 7. The molecule has 0 spiro atoms. The average Bonchev–Trinajstić information content (AvgIpc) is 2.25. The van der Waals surface area contributed by atoms with Gasteiger partial charge in [0.05, 0.1) is 5.56 Å². The van der Waals surface area contributed by atoms with Crippen LogP contribution in [0.5, 0.6) is 5.75 Å². The maximum atomic E-state index is 12.6. The van der Waals surface area contributed by atoms with Gasteiger partial charge >= 0.3 is 6.36 Å². The molecule has 3 nitrogen and oxygen atoms in total. The third-order valence-electron chi connectivity index (χ3n) is 1.91. The first kappa shape index (κ1) is 16.1. The molecule has 0 aromatic carbocycles. The van der Waals surface area contributed by atoms with Gasteiger partial charge in [0.15, 0.2) is 5.75 Å². The van der Waals surface area contributed by atoms with Crippen LogP contribution in [0.4, 0.5) is 22.0 Å². The fraction of sp³-hybridized carbons (Fsp3) is 0.333. The van der Waals surface area contributed by atoms with Crippen LogP contribution in [-0.2, 0) is 5.33 Å². The first-order valence-corrected chi connectivity index (χ1v) is 5.98. The van der Waals surface area contributed by atoms with Crippen LogP contribution in [0.15, 0.2) is 6.20 Å². The van der Waals surface area contributed by atoms with Crippen molar-refractivity contribution in [1.82, 2.24) is 4.98 Å². The van der Waals surface area contributed by atoms with Gasteiger partial charge in [0.1, 0.15) is 5.69 Å². The van der Waals surface area contributed by atoms with Gasteiger partial charge in [-0.3, -0.25) is 9.78 Å². The van der Waals surface area contributed by atoms with Gasteiger partial charge in [-0.2, -0.15) is 0 Å². The number of alkyl halides is 6. The van der Waals surface area contributed by atoms with E-state index in [9.17, 15) is 26.7 Å². The highest BCUT2D eigenvalue weighted by molar-refractivity contribution is 9.08. The second-order valence-corrected chi connectivity index (χ2v) is 4.03. The number of ether oxygens (including phenoxy) is 1. The van der Waals surface area contributed by atoms with Crippen LogP contribution in [0.2, 0.25) is 0 Å². The van der Waals surface area contributed by atoms with E-state index in [-0.39, 0.29) is 10.9 Å². The van der Waals surface area contributed by atoms with E-state index >= 15 is 0 Å². The normalized spacial score (nSPS) is 11.8. The monoisotopic (exact) mass is 367 g/mol. The number of hydrogen-bond acceptors (Lipinski definition) is 3. The number of hydrogen-bond donors (Lipinski definition) is 0. The molecule has 0 N–H and O–H groups in total. The van der Waals surface area contributed by atoms with Gasteiger partial charge in [0, 0.05) is 11.5 Å². The summed E-state index contributed by atoms with van der Waals surface area (Å²) in [4.78, 5) is 14.3. The van der Waals surface area contributed by atoms with E-state index in [1.807, 2.05) is 0 Å². The Hall–Kier alpha value is -0.960. The quantitative estimate of drug-likeness (QED) is 0.454. The standard InChI is InChI=1S/C9H4BrClF5NO2/c10-1-3-2-17-5(8(12)13)6(4(3)7(11)18)19-9(14,15)16/h2,8H,1H2. The molecule has 1 rings (SSSR count). The lowest BCUT2D eigenvalue weighted by Gasteiger charge is -2.16. The van der Waals surface area contributed by atoms with Gasteiger partial charge < -0.3 is 4.74 Å². The fourth-order valence-electron chi connectivity index (χ4n) is 1.24. The first-order valence-electron chi connectivity index (χ1n) is 4.48. The lowest BCUT2D eigenvalue weighted by atomic mass is 10.1. The molecule has 0 aliphatic heterocycles. The minimum atomic E-state index is -5.25. The van der Waals surface area contributed by atoms with Gasteiger partial charge in [0.25, 0.3) is 11.7 Å². The van der Waals surface area contributed by atoms with Crippen molar-refractivity contribution in [3.05, 3.63) is 23.0 Å². The molecule has 0 fully saturated rings. The smallest absolute Gasteiger partial charge is 0.403 e. The summed E-state index contributed by atoms with van der Waals surface area (Å²) >= 11 is 7.99. The van der Waals surface area contributed by atoms with Crippen molar-refractivity contribution in [2.45, 2.75) is 18.1 Å². The van der Waals surface area contributed by atoms with Crippen LogP contribution < -0.4 is 4.74 Å². The highest BCUT2D eigenvalue weighted by Gasteiger charge is 2.37. The van der Waals surface area contributed by atoms with E-state index in [1.54, 1.807) is 0 Å². The van der Waals surface area contributed by atoms with Crippen LogP contribution in [-0.4, -0.2) is 16.6 Å². The molecule has 1 aromatic heterocycles. The average molecular weight is 368 g/mol. The summed E-state index contributed by atoms with van der Waals surface area (Å²) in [7, 11) is 0. The molecule has 19 heavy (non-hydrogen) atoms. The Morgan fingerprint density at radius 1 is 1.47 bits per heavy atom. The molecule has 0 aliphatic rings. The second kappa shape index (κ2) is 6.00. The molecule has 106 valence electrons. The van der Waals surface area contributed by atoms with E-state index in [2.05, 4.69) is 25.7 Å². The predicted molar refractivity (Wildman–Crippen MR) is 58.7 cm³/mol. The van der Waals surface area contributed by atoms with E-state index in [0.29, 0.717) is 0 Å². The number of aromatic nitrogens is 1. The molecule has 1 aromatic rings. The van der Waals surface area contributed by atoms with E-state index < -0.39 is 35.0 Å². The minimum absolute atomic E-state index is 0.0938. The summed E-state index contributed by atoms with van der Waals surface area (Å²) in [5.74, 6) is -1.38. The molecule has 0 aliphatic carbocycles. The summed E-state index contributed by atoms with van der Waals surface area (Å²) in [5, 5.41) is -1.45. The van der Waals surface area contributed by atoms with Crippen LogP contribution in [0.25, 0.3) is 0 Å². The van der Waals surface area contributed by atoms with Crippen LogP contribution in [0.1, 0.15) is 28.0 Å². The van der Waals surface area contributed by atoms with Crippen molar-refractivity contribution in [3.63, 3.8) is 0 Å². The zero-order valence-corrected chi connectivity index (χ0v) is 11.1. The van der Waals surface area contributed by atoms with Crippen molar-refractivity contribution >= 4 is 32.8 Å². The topological polar surface area (TPSA) is 39.2 Å². The first-order chi connectivity index (χ1) is 8.67. The highest BCUT2D eigenvalue weighted by Crippen LogP contribution is 2.37. The number of carbonyl (C=O) groups is 1. The van der Waals surface area contributed by atoms with Crippen LogP contribution in [0.3, 0.4) is 0 Å². The van der Waals surface area contributed by atoms with E-state index in [1.165, 1.54) is 0 Å². The summed E-state index contributed by atoms with van der Waals surface area (Å²) in [6.07, 6.45) is -7.77. The summed E-state index contributed by atoms with van der Waals surface area (Å²) in [6.45, 7) is 0. The lowest BCUT2D eigenvalue weighted by molar-refractivity contribution is -0.275. The van der Waals surface area contributed by atoms with Gasteiger partial charge in [-0.15, -0.1) is 13.2 Å². The predicted octanol–water partition coefficient (Wildman–Crippen LogP) is 4.19. The second-order valence-electron chi connectivity index (χ2n) is 3.13. The van der Waals surface area contributed by atoms with Gasteiger partial charge in [-0.25, -0.2) is 8.78 Å². The molecule has 0 saturated heterocycles. The summed E-state index contributed by atoms with van der Waals surface area (Å²) in [6, 6.07) is 0. The molecule has 0 unspecified atom stereocenters. The molecule has 0 atom stereocenters. The molecular formula is C9H4BrClF5NO2. The van der Waals surface area contributed by atoms with Gasteiger partial charge in [0.2, 0.25) is 0 Å². The summed E-state index contributed by atoms with van der Waals surface area (Å²) in [5.41, 5.74) is -2.18. The Morgan fingerprint density at radius 3 is 2.42 bits per heavy atom. The fourth-order valence-corrected chi connectivity index (χ4v) is 1.87. The van der Waals surface area contributed by atoms with Crippen molar-refractivity contribution in [2.24, 2.45) is 0 Å². The Bertz CT molecular complexity index is 494. The van der Waals surface area contributed by atoms with Crippen LogP contribution in [0, 0.1) is 0 Å². The Labute approximate surface area is 116 Å². The van der Waals surface area contributed by atoms with Crippen molar-refractivity contribution < 1.29 is 31.5 Å². The third kappa shape index (κ3) is 4.00. The SMILES string of the molecule is O=C(Cl)c1c(CBr)cnc(C(F)F)c1OC(F)(F)F. The third-order valence-corrected chi connectivity index (χ3v) is 2.70. The van der Waals surface area contributed by atoms with Gasteiger partial charge in [-0.05, 0) is 17.2 Å². The zero-order chi connectivity index (χ0) is 14.8. The molecule has 0 saturated carbocycles. The Balaban J connectivity index is 3.53. The molecule has 0 radical (unpaired) electrons. The molecule has 1 heterocycles.